The number of aromatic nitrogens is 1. The highest BCUT2D eigenvalue weighted by molar-refractivity contribution is 5.78. The summed E-state index contributed by atoms with van der Waals surface area (Å²) in [5.74, 6) is -0.297. The lowest BCUT2D eigenvalue weighted by atomic mass is 10.1. The van der Waals surface area contributed by atoms with Gasteiger partial charge in [0.25, 0.3) is 0 Å². The van der Waals surface area contributed by atoms with E-state index in [0.29, 0.717) is 11.1 Å². The molecule has 2 nitrogen and oxygen atoms in total. The number of aryl methyl sites for hydroxylation is 1. The highest BCUT2D eigenvalue weighted by atomic mass is 19.1. The molecule has 0 aliphatic rings. The molecule has 0 unspecified atom stereocenters. The average Bonchev–Trinajstić information content (AvgIpc) is 2.08. The van der Waals surface area contributed by atoms with Gasteiger partial charge in [0.1, 0.15) is 5.82 Å². The Morgan fingerprint density at radius 3 is 2.85 bits per heavy atom. The Kier molecular flexibility index (Phi) is 1.65. The van der Waals surface area contributed by atoms with Crippen molar-refractivity contribution < 1.29 is 4.39 Å². The molecule has 0 amide bonds. The molecule has 0 aliphatic heterocycles. The Bertz CT molecular complexity index is 516. The summed E-state index contributed by atoms with van der Waals surface area (Å²) in [6, 6.07) is 6.16. The first-order chi connectivity index (χ1) is 6.16. The molecular formula is C10H8FNO. The minimum Gasteiger partial charge on any atom is -0.322 e. The summed E-state index contributed by atoms with van der Waals surface area (Å²) >= 11 is 0. The molecule has 1 aromatic heterocycles. The molecule has 2 aromatic rings. The maximum atomic E-state index is 13.1. The summed E-state index contributed by atoms with van der Waals surface area (Å²) in [7, 11) is 0. The first-order valence-corrected chi connectivity index (χ1v) is 3.96. The van der Waals surface area contributed by atoms with Crippen LogP contribution in [0.2, 0.25) is 0 Å². The van der Waals surface area contributed by atoms with E-state index in [0.717, 1.165) is 5.39 Å². The van der Waals surface area contributed by atoms with Crippen molar-refractivity contribution in [2.45, 2.75) is 6.92 Å². The number of nitrogens with one attached hydrogen (secondary N) is 1. The molecule has 1 N–H and O–H groups in total. The number of fused-ring (bicyclic) bond motifs is 1. The van der Waals surface area contributed by atoms with Crippen molar-refractivity contribution in [2.24, 2.45) is 0 Å². The fraction of sp³-hybridized carbons (Fsp3) is 0.100. The number of hydrogen-bond donors (Lipinski definition) is 1. The normalized spacial score (nSPS) is 10.6. The van der Waals surface area contributed by atoms with E-state index in [-0.39, 0.29) is 11.4 Å². The van der Waals surface area contributed by atoms with Crippen LogP contribution < -0.4 is 5.56 Å². The van der Waals surface area contributed by atoms with Crippen LogP contribution in [-0.4, -0.2) is 4.98 Å². The fourth-order valence-electron chi connectivity index (χ4n) is 1.29. The summed E-state index contributed by atoms with van der Waals surface area (Å²) in [6.45, 7) is 1.69. The highest BCUT2D eigenvalue weighted by Crippen LogP contribution is 2.14. The Labute approximate surface area is 74.0 Å². The van der Waals surface area contributed by atoms with Crippen molar-refractivity contribution in [1.29, 1.82) is 0 Å². The zero-order valence-electron chi connectivity index (χ0n) is 7.10. The quantitative estimate of drug-likeness (QED) is 0.655. The molecule has 0 saturated heterocycles. The van der Waals surface area contributed by atoms with E-state index < -0.39 is 0 Å². The third kappa shape index (κ3) is 1.33. The molecule has 0 radical (unpaired) electrons. The van der Waals surface area contributed by atoms with Crippen LogP contribution >= 0.6 is 0 Å². The molecule has 2 rings (SSSR count). The van der Waals surface area contributed by atoms with Crippen molar-refractivity contribution in [3.8, 4) is 0 Å². The summed E-state index contributed by atoms with van der Waals surface area (Å²) in [4.78, 5) is 13.5. The third-order valence-corrected chi connectivity index (χ3v) is 2.00. The molecule has 1 aromatic carbocycles. The minimum atomic E-state index is -0.297. The van der Waals surface area contributed by atoms with Gasteiger partial charge in [-0.15, -0.1) is 0 Å². The molecule has 0 atom stereocenters. The predicted octanol–water partition coefficient (Wildman–Crippen LogP) is 1.98. The van der Waals surface area contributed by atoms with Crippen molar-refractivity contribution in [3.05, 3.63) is 46.0 Å². The van der Waals surface area contributed by atoms with Crippen molar-refractivity contribution in [1.82, 2.24) is 4.98 Å². The van der Waals surface area contributed by atoms with E-state index in [1.165, 1.54) is 12.1 Å². The van der Waals surface area contributed by atoms with E-state index in [1.807, 2.05) is 0 Å². The van der Waals surface area contributed by atoms with Gasteiger partial charge in [-0.05, 0) is 36.1 Å². The second-order valence-electron chi connectivity index (χ2n) is 3.01. The van der Waals surface area contributed by atoms with Gasteiger partial charge in [-0.25, -0.2) is 4.39 Å². The maximum Gasteiger partial charge on any atom is 0.248 e. The van der Waals surface area contributed by atoms with Crippen LogP contribution in [0, 0.1) is 12.7 Å². The van der Waals surface area contributed by atoms with E-state index in [9.17, 15) is 9.18 Å². The van der Waals surface area contributed by atoms with Gasteiger partial charge >= 0.3 is 0 Å². The van der Waals surface area contributed by atoms with Crippen LogP contribution in [0.1, 0.15) is 5.56 Å². The van der Waals surface area contributed by atoms with Gasteiger partial charge in [-0.2, -0.15) is 0 Å². The number of rotatable bonds is 0. The third-order valence-electron chi connectivity index (χ3n) is 2.00. The lowest BCUT2D eigenvalue weighted by Crippen LogP contribution is -2.02. The van der Waals surface area contributed by atoms with Crippen LogP contribution in [0.15, 0.2) is 29.1 Å². The number of H-pyrrole nitrogens is 1. The second-order valence-corrected chi connectivity index (χ2v) is 3.01. The van der Waals surface area contributed by atoms with E-state index in [2.05, 4.69) is 4.98 Å². The Hall–Kier alpha value is -1.64. The highest BCUT2D eigenvalue weighted by Gasteiger charge is 2.00. The molecule has 0 bridgehead atoms. The number of halogens is 1. The van der Waals surface area contributed by atoms with E-state index in [1.54, 1.807) is 19.1 Å². The molecule has 0 saturated carbocycles. The largest absolute Gasteiger partial charge is 0.322 e. The zero-order valence-corrected chi connectivity index (χ0v) is 7.10. The Balaban J connectivity index is 2.89. The maximum absolute atomic E-state index is 13.1. The summed E-state index contributed by atoms with van der Waals surface area (Å²) < 4.78 is 13.1. The smallest absolute Gasteiger partial charge is 0.248 e. The van der Waals surface area contributed by atoms with Gasteiger partial charge in [0.2, 0.25) is 5.56 Å². The molecule has 1 heterocycles. The predicted molar refractivity (Wildman–Crippen MR) is 49.3 cm³/mol. The standard InChI is InChI=1S/C10H8FNO/c1-6-4-7-2-3-10(13)12-9(7)5-8(6)11/h2-5H,1H3,(H,12,13). The lowest BCUT2D eigenvalue weighted by molar-refractivity contribution is 0.620. The van der Waals surface area contributed by atoms with Crippen molar-refractivity contribution >= 4 is 10.9 Å². The van der Waals surface area contributed by atoms with Crippen LogP contribution in [0.5, 0.6) is 0 Å². The van der Waals surface area contributed by atoms with E-state index in [4.69, 9.17) is 0 Å². The SMILES string of the molecule is Cc1cc2ccc(=O)[nH]c2cc1F. The van der Waals surface area contributed by atoms with Crippen LogP contribution in [0.3, 0.4) is 0 Å². The topological polar surface area (TPSA) is 32.9 Å². The van der Waals surface area contributed by atoms with Gasteiger partial charge < -0.3 is 4.98 Å². The number of hydrogen-bond acceptors (Lipinski definition) is 1. The molecule has 0 spiro atoms. The number of benzene rings is 1. The molecule has 66 valence electrons. The number of pyridine rings is 1. The summed E-state index contributed by atoms with van der Waals surface area (Å²) in [5.41, 5.74) is 0.908. The average molecular weight is 177 g/mol. The number of aromatic amines is 1. The van der Waals surface area contributed by atoms with Crippen LogP contribution in [0.25, 0.3) is 10.9 Å². The fourth-order valence-corrected chi connectivity index (χ4v) is 1.29. The first kappa shape index (κ1) is 7.98. The monoisotopic (exact) mass is 177 g/mol. The van der Waals surface area contributed by atoms with Gasteiger partial charge in [0.05, 0.1) is 5.52 Å². The van der Waals surface area contributed by atoms with E-state index >= 15 is 0 Å². The van der Waals surface area contributed by atoms with Gasteiger partial charge in [-0.3, -0.25) is 4.79 Å². The second kappa shape index (κ2) is 2.69. The zero-order chi connectivity index (χ0) is 9.42. The minimum absolute atomic E-state index is 0.212. The van der Waals surface area contributed by atoms with Gasteiger partial charge in [-0.1, -0.05) is 0 Å². The Morgan fingerprint density at radius 1 is 1.31 bits per heavy atom. The lowest BCUT2D eigenvalue weighted by Gasteiger charge is -1.99. The molecule has 0 aliphatic carbocycles. The Morgan fingerprint density at radius 2 is 2.08 bits per heavy atom. The molecule has 13 heavy (non-hydrogen) atoms. The molecular weight excluding hydrogens is 169 g/mol. The summed E-state index contributed by atoms with van der Waals surface area (Å²) in [5, 5.41) is 0.846. The molecule has 3 heteroatoms. The van der Waals surface area contributed by atoms with Crippen molar-refractivity contribution in [3.63, 3.8) is 0 Å². The van der Waals surface area contributed by atoms with Gasteiger partial charge in [0.15, 0.2) is 0 Å². The first-order valence-electron chi connectivity index (χ1n) is 3.96. The summed E-state index contributed by atoms with van der Waals surface area (Å²) in [6.07, 6.45) is 0. The molecule has 0 fully saturated rings. The van der Waals surface area contributed by atoms with Gasteiger partial charge in [0, 0.05) is 6.07 Å². The van der Waals surface area contributed by atoms with Crippen LogP contribution in [0.4, 0.5) is 4.39 Å². The van der Waals surface area contributed by atoms with Crippen molar-refractivity contribution in [2.75, 3.05) is 0 Å². The van der Waals surface area contributed by atoms with Crippen LogP contribution in [-0.2, 0) is 0 Å².